The molecular formula is C19H35N3O. The van der Waals surface area contributed by atoms with Crippen molar-refractivity contribution in [2.45, 2.75) is 71.5 Å². The van der Waals surface area contributed by atoms with Crippen molar-refractivity contribution < 1.29 is 4.74 Å². The molecule has 0 amide bonds. The van der Waals surface area contributed by atoms with Gasteiger partial charge in [0.05, 0.1) is 11.7 Å². The molecule has 0 aromatic carbocycles. The molecule has 1 fully saturated rings. The van der Waals surface area contributed by atoms with Crippen molar-refractivity contribution in [3.8, 4) is 0 Å². The van der Waals surface area contributed by atoms with E-state index in [2.05, 4.69) is 50.1 Å². The molecule has 0 radical (unpaired) electrons. The highest BCUT2D eigenvalue weighted by molar-refractivity contribution is 5.80. The van der Waals surface area contributed by atoms with Gasteiger partial charge >= 0.3 is 0 Å². The van der Waals surface area contributed by atoms with Gasteiger partial charge in [0.2, 0.25) is 0 Å². The first kappa shape index (κ1) is 18.3. The zero-order chi connectivity index (χ0) is 16.7. The average Bonchev–Trinajstić information content (AvgIpc) is 2.52. The Hall–Kier alpha value is -1.03. The van der Waals surface area contributed by atoms with Crippen LogP contribution in [0.2, 0.25) is 0 Å². The molecule has 0 saturated carbocycles. The lowest BCUT2D eigenvalue weighted by Gasteiger charge is -2.37. The quantitative estimate of drug-likeness (QED) is 0.488. The van der Waals surface area contributed by atoms with E-state index in [-0.39, 0.29) is 5.60 Å². The van der Waals surface area contributed by atoms with Gasteiger partial charge in [-0.1, -0.05) is 12.2 Å². The van der Waals surface area contributed by atoms with Crippen molar-refractivity contribution in [2.24, 2.45) is 10.9 Å². The van der Waals surface area contributed by atoms with Crippen LogP contribution in [0.5, 0.6) is 0 Å². The predicted octanol–water partition coefficient (Wildman–Crippen LogP) is 3.59. The second-order valence-corrected chi connectivity index (χ2v) is 7.76. The Balaban J connectivity index is 1.85. The van der Waals surface area contributed by atoms with Gasteiger partial charge in [-0.25, -0.2) is 0 Å². The van der Waals surface area contributed by atoms with E-state index in [9.17, 15) is 0 Å². The number of hydrogen-bond donors (Lipinski definition) is 1. The number of piperidine rings is 1. The summed E-state index contributed by atoms with van der Waals surface area (Å²) in [6.07, 6.45) is 10.9. The number of guanidine groups is 1. The van der Waals surface area contributed by atoms with E-state index >= 15 is 0 Å². The van der Waals surface area contributed by atoms with Gasteiger partial charge in [-0.15, -0.1) is 0 Å². The Morgan fingerprint density at radius 2 is 1.96 bits per heavy atom. The van der Waals surface area contributed by atoms with E-state index in [0.717, 1.165) is 50.9 Å². The van der Waals surface area contributed by atoms with Gasteiger partial charge in [-0.05, 0) is 65.7 Å². The average molecular weight is 322 g/mol. The summed E-state index contributed by atoms with van der Waals surface area (Å²) in [5, 5.41) is 3.47. The lowest BCUT2D eigenvalue weighted by Crippen LogP contribution is -2.48. The van der Waals surface area contributed by atoms with Gasteiger partial charge < -0.3 is 15.0 Å². The summed E-state index contributed by atoms with van der Waals surface area (Å²) in [6, 6.07) is 0. The summed E-state index contributed by atoms with van der Waals surface area (Å²) in [5.74, 6) is 1.81. The van der Waals surface area contributed by atoms with Crippen LogP contribution in [-0.2, 0) is 4.74 Å². The Morgan fingerprint density at radius 1 is 1.22 bits per heavy atom. The third-order valence-corrected chi connectivity index (χ3v) is 4.47. The molecule has 2 aliphatic rings. The largest absolute Gasteiger partial charge is 0.372 e. The molecule has 0 aromatic heterocycles. The Labute approximate surface area is 142 Å². The molecule has 132 valence electrons. The number of nitrogens with one attached hydrogen (secondary N) is 1. The van der Waals surface area contributed by atoms with E-state index in [1.165, 1.54) is 19.3 Å². The van der Waals surface area contributed by atoms with Crippen molar-refractivity contribution in [1.82, 2.24) is 10.2 Å². The Morgan fingerprint density at radius 3 is 2.52 bits per heavy atom. The highest BCUT2D eigenvalue weighted by atomic mass is 16.5. The lowest BCUT2D eigenvalue weighted by molar-refractivity contribution is -0.0772. The number of ether oxygens (including phenoxy) is 1. The fourth-order valence-electron chi connectivity index (χ4n) is 3.35. The minimum absolute atomic E-state index is 0.0417. The zero-order valence-electron chi connectivity index (χ0n) is 15.5. The number of likely N-dealkylation sites (tertiary alicyclic amines) is 1. The zero-order valence-corrected chi connectivity index (χ0v) is 15.5. The van der Waals surface area contributed by atoms with Crippen molar-refractivity contribution in [1.29, 1.82) is 0 Å². The number of rotatable bonds is 4. The number of hydrogen-bond acceptors (Lipinski definition) is 2. The molecule has 4 heteroatoms. The van der Waals surface area contributed by atoms with E-state index < -0.39 is 0 Å². The molecule has 23 heavy (non-hydrogen) atoms. The van der Waals surface area contributed by atoms with Crippen molar-refractivity contribution >= 4 is 5.96 Å². The molecule has 0 bridgehead atoms. The second kappa shape index (κ2) is 8.72. The van der Waals surface area contributed by atoms with Crippen LogP contribution >= 0.6 is 0 Å². The summed E-state index contributed by atoms with van der Waals surface area (Å²) < 4.78 is 6.13. The third kappa shape index (κ3) is 6.54. The normalized spacial score (nSPS) is 24.1. The van der Waals surface area contributed by atoms with Crippen LogP contribution < -0.4 is 5.32 Å². The highest BCUT2D eigenvalue weighted by Gasteiger charge is 2.25. The maximum atomic E-state index is 6.13. The van der Waals surface area contributed by atoms with Gasteiger partial charge in [0.25, 0.3) is 0 Å². The number of aliphatic imine (C=N–C) groups is 1. The van der Waals surface area contributed by atoms with Crippen LogP contribution in [0.4, 0.5) is 0 Å². The molecule has 0 aromatic rings. The molecule has 1 unspecified atom stereocenters. The molecule has 1 heterocycles. The predicted molar refractivity (Wildman–Crippen MR) is 97.9 cm³/mol. The molecule has 1 aliphatic carbocycles. The van der Waals surface area contributed by atoms with E-state index in [1.54, 1.807) is 0 Å². The highest BCUT2D eigenvalue weighted by Crippen LogP contribution is 2.21. The van der Waals surface area contributed by atoms with Crippen molar-refractivity contribution in [2.75, 3.05) is 26.2 Å². The standard InChI is InChI=1S/C19H35N3O/c1-5-20-18(21-15-16-9-7-6-8-10-16)22-13-11-17(12-14-22)23-19(2,3)4/h6-7,16-17H,5,8-15H2,1-4H3,(H,20,21). The summed E-state index contributed by atoms with van der Waals surface area (Å²) in [7, 11) is 0. The van der Waals surface area contributed by atoms with E-state index in [4.69, 9.17) is 9.73 Å². The molecule has 1 N–H and O–H groups in total. The van der Waals surface area contributed by atoms with E-state index in [0.29, 0.717) is 6.10 Å². The summed E-state index contributed by atoms with van der Waals surface area (Å²) in [5.41, 5.74) is -0.0417. The number of nitrogens with zero attached hydrogens (tertiary/aromatic N) is 2. The van der Waals surface area contributed by atoms with Gasteiger partial charge in [0, 0.05) is 26.2 Å². The summed E-state index contributed by atoms with van der Waals surface area (Å²) in [4.78, 5) is 7.32. The molecule has 4 nitrogen and oxygen atoms in total. The first-order valence-electron chi connectivity index (χ1n) is 9.34. The SMILES string of the molecule is CCNC(=NCC1CC=CCC1)N1CCC(OC(C)(C)C)CC1. The van der Waals surface area contributed by atoms with Gasteiger partial charge in [0.15, 0.2) is 5.96 Å². The van der Waals surface area contributed by atoms with Crippen molar-refractivity contribution in [3.63, 3.8) is 0 Å². The first-order chi connectivity index (χ1) is 11.0. The maximum absolute atomic E-state index is 6.13. The Bertz CT molecular complexity index is 403. The fourth-order valence-corrected chi connectivity index (χ4v) is 3.35. The van der Waals surface area contributed by atoms with E-state index in [1.807, 2.05) is 0 Å². The van der Waals surface area contributed by atoms with Crippen LogP contribution in [-0.4, -0.2) is 48.7 Å². The summed E-state index contributed by atoms with van der Waals surface area (Å²) in [6.45, 7) is 12.5. The van der Waals surface area contributed by atoms with Gasteiger partial charge in [-0.2, -0.15) is 0 Å². The van der Waals surface area contributed by atoms with Crippen LogP contribution in [0, 0.1) is 5.92 Å². The molecule has 0 spiro atoms. The van der Waals surface area contributed by atoms with Crippen LogP contribution in [0.15, 0.2) is 17.1 Å². The van der Waals surface area contributed by atoms with Gasteiger partial charge in [-0.3, -0.25) is 4.99 Å². The fraction of sp³-hybridized carbons (Fsp3) is 0.842. The Kier molecular flexibility index (Phi) is 6.94. The number of allylic oxidation sites excluding steroid dienone is 2. The van der Waals surface area contributed by atoms with Crippen LogP contribution in [0.3, 0.4) is 0 Å². The molecule has 1 aliphatic heterocycles. The van der Waals surface area contributed by atoms with Crippen LogP contribution in [0.1, 0.15) is 59.8 Å². The lowest BCUT2D eigenvalue weighted by atomic mass is 9.95. The minimum atomic E-state index is -0.0417. The molecular weight excluding hydrogens is 286 g/mol. The minimum Gasteiger partial charge on any atom is -0.372 e. The summed E-state index contributed by atoms with van der Waals surface area (Å²) >= 11 is 0. The molecule has 2 rings (SSSR count). The molecule has 1 atom stereocenters. The van der Waals surface area contributed by atoms with Crippen LogP contribution in [0.25, 0.3) is 0 Å². The molecule has 1 saturated heterocycles. The van der Waals surface area contributed by atoms with Gasteiger partial charge in [0.1, 0.15) is 0 Å². The topological polar surface area (TPSA) is 36.9 Å². The third-order valence-electron chi connectivity index (χ3n) is 4.47. The first-order valence-corrected chi connectivity index (χ1v) is 9.34. The maximum Gasteiger partial charge on any atom is 0.193 e. The monoisotopic (exact) mass is 321 g/mol. The van der Waals surface area contributed by atoms with Crippen molar-refractivity contribution in [3.05, 3.63) is 12.2 Å². The smallest absolute Gasteiger partial charge is 0.193 e. The second-order valence-electron chi connectivity index (χ2n) is 7.76.